The van der Waals surface area contributed by atoms with E-state index in [4.69, 9.17) is 4.74 Å². The number of aromatic nitrogens is 2. The second kappa shape index (κ2) is 8.69. The third-order valence-electron chi connectivity index (χ3n) is 5.46. The number of nitrogens with one attached hydrogen (secondary N) is 2. The van der Waals surface area contributed by atoms with E-state index in [9.17, 15) is 15.0 Å². The molecule has 1 amide bonds. The van der Waals surface area contributed by atoms with Crippen molar-refractivity contribution in [2.45, 2.75) is 31.5 Å². The van der Waals surface area contributed by atoms with Crippen molar-refractivity contribution in [1.82, 2.24) is 15.3 Å². The Morgan fingerprint density at radius 1 is 1.13 bits per heavy atom. The maximum Gasteiger partial charge on any atom is 0.407 e. The lowest BCUT2D eigenvalue weighted by molar-refractivity contribution is 0.0114. The third-order valence-corrected chi connectivity index (χ3v) is 5.46. The van der Waals surface area contributed by atoms with E-state index < -0.39 is 18.3 Å². The molecule has 2 unspecified atom stereocenters. The summed E-state index contributed by atoms with van der Waals surface area (Å²) in [6, 6.07) is 16.3. The summed E-state index contributed by atoms with van der Waals surface area (Å²) in [5.41, 5.74) is 5.10. The predicted molar refractivity (Wildman–Crippen MR) is 112 cm³/mol. The quantitative estimate of drug-likeness (QED) is 0.482. The molecule has 30 heavy (non-hydrogen) atoms. The van der Waals surface area contributed by atoms with Gasteiger partial charge in [0.1, 0.15) is 18.5 Å². The standard InChI is InChI=1S/C23H25N3O4/c1-14-25-12-20(26-14)22(28)21(27)10-11-24-23(29)30-13-19-17-8-4-2-6-15(17)16-7-3-5-9-18(16)19/h2-9,12,19,21-22,27-28H,10-11,13H2,1H3,(H,24,29)(H,25,26). The minimum Gasteiger partial charge on any atom is -0.449 e. The molecule has 1 aromatic heterocycles. The Morgan fingerprint density at radius 2 is 1.77 bits per heavy atom. The van der Waals surface area contributed by atoms with Crippen LogP contribution in [0.3, 0.4) is 0 Å². The molecule has 7 nitrogen and oxygen atoms in total. The summed E-state index contributed by atoms with van der Waals surface area (Å²) < 4.78 is 5.46. The number of imidazole rings is 1. The Labute approximate surface area is 174 Å². The number of alkyl carbamates (subject to hydrolysis) is 1. The van der Waals surface area contributed by atoms with Gasteiger partial charge in [-0.15, -0.1) is 0 Å². The number of rotatable bonds is 7. The van der Waals surface area contributed by atoms with E-state index in [1.54, 1.807) is 6.92 Å². The van der Waals surface area contributed by atoms with Gasteiger partial charge in [0, 0.05) is 12.5 Å². The zero-order valence-corrected chi connectivity index (χ0v) is 16.7. The lowest BCUT2D eigenvalue weighted by Crippen LogP contribution is -2.30. The van der Waals surface area contributed by atoms with Crippen LogP contribution in [0.1, 0.15) is 41.1 Å². The highest BCUT2D eigenvalue weighted by Crippen LogP contribution is 2.44. The van der Waals surface area contributed by atoms with Crippen LogP contribution in [0.15, 0.2) is 54.7 Å². The largest absolute Gasteiger partial charge is 0.449 e. The van der Waals surface area contributed by atoms with Crippen LogP contribution in [0.25, 0.3) is 11.1 Å². The van der Waals surface area contributed by atoms with E-state index in [1.165, 1.54) is 17.3 Å². The Bertz CT molecular complexity index is 987. The average Bonchev–Trinajstić information content (AvgIpc) is 3.33. The number of H-pyrrole nitrogens is 1. The van der Waals surface area contributed by atoms with Gasteiger partial charge in [-0.1, -0.05) is 48.5 Å². The predicted octanol–water partition coefficient (Wildman–Crippen LogP) is 3.04. The van der Waals surface area contributed by atoms with Gasteiger partial charge in [0.15, 0.2) is 0 Å². The molecule has 0 bridgehead atoms. The number of nitrogens with zero attached hydrogens (tertiary/aromatic N) is 1. The van der Waals surface area contributed by atoms with Crippen LogP contribution in [0.4, 0.5) is 4.79 Å². The number of fused-ring (bicyclic) bond motifs is 3. The fraction of sp³-hybridized carbons (Fsp3) is 0.304. The number of aliphatic hydroxyl groups is 2. The van der Waals surface area contributed by atoms with Crippen molar-refractivity contribution >= 4 is 6.09 Å². The summed E-state index contributed by atoms with van der Waals surface area (Å²) in [7, 11) is 0. The summed E-state index contributed by atoms with van der Waals surface area (Å²) in [4.78, 5) is 19.1. The summed E-state index contributed by atoms with van der Waals surface area (Å²) in [5.74, 6) is 0.659. The molecule has 1 aliphatic rings. The molecule has 1 aliphatic carbocycles. The molecule has 1 heterocycles. The number of aryl methyl sites for hydroxylation is 1. The molecule has 0 fully saturated rings. The van der Waals surface area contributed by atoms with E-state index in [1.807, 2.05) is 24.3 Å². The molecule has 0 saturated heterocycles. The van der Waals surface area contributed by atoms with E-state index in [-0.39, 0.29) is 25.5 Å². The first-order valence-electron chi connectivity index (χ1n) is 10.0. The highest BCUT2D eigenvalue weighted by molar-refractivity contribution is 5.79. The fourth-order valence-corrected chi connectivity index (χ4v) is 3.93. The van der Waals surface area contributed by atoms with Crippen LogP contribution >= 0.6 is 0 Å². The van der Waals surface area contributed by atoms with Gasteiger partial charge in [-0.25, -0.2) is 9.78 Å². The van der Waals surface area contributed by atoms with Crippen LogP contribution in [-0.2, 0) is 4.74 Å². The Kier molecular flexibility index (Phi) is 5.83. The van der Waals surface area contributed by atoms with Crippen LogP contribution in [0.2, 0.25) is 0 Å². The van der Waals surface area contributed by atoms with Gasteiger partial charge in [0.05, 0.1) is 18.0 Å². The number of ether oxygens (including phenoxy) is 1. The average molecular weight is 407 g/mol. The molecule has 4 N–H and O–H groups in total. The first-order valence-corrected chi connectivity index (χ1v) is 10.0. The van der Waals surface area contributed by atoms with Gasteiger partial charge in [0.2, 0.25) is 0 Å². The first-order chi connectivity index (χ1) is 14.5. The van der Waals surface area contributed by atoms with Crippen molar-refractivity contribution in [2.24, 2.45) is 0 Å². The summed E-state index contributed by atoms with van der Waals surface area (Å²) in [6.07, 6.45) is -0.990. The molecule has 7 heteroatoms. The second-order valence-electron chi connectivity index (χ2n) is 7.48. The van der Waals surface area contributed by atoms with Crippen molar-refractivity contribution in [2.75, 3.05) is 13.2 Å². The Hall–Kier alpha value is -3.16. The highest BCUT2D eigenvalue weighted by atomic mass is 16.5. The van der Waals surface area contributed by atoms with Crippen LogP contribution in [0, 0.1) is 6.92 Å². The zero-order valence-electron chi connectivity index (χ0n) is 16.7. The lowest BCUT2D eigenvalue weighted by atomic mass is 9.98. The minimum atomic E-state index is -1.09. The van der Waals surface area contributed by atoms with Gasteiger partial charge in [-0.2, -0.15) is 0 Å². The summed E-state index contributed by atoms with van der Waals surface area (Å²) in [5, 5.41) is 22.9. The van der Waals surface area contributed by atoms with Crippen molar-refractivity contribution in [1.29, 1.82) is 0 Å². The number of carbonyl (C=O) groups is 1. The zero-order chi connectivity index (χ0) is 21.1. The number of aliphatic hydroxyl groups excluding tert-OH is 2. The van der Waals surface area contributed by atoms with Crippen molar-refractivity contribution in [3.05, 3.63) is 77.4 Å². The summed E-state index contributed by atoms with van der Waals surface area (Å²) >= 11 is 0. The molecule has 0 aliphatic heterocycles. The third kappa shape index (κ3) is 4.08. The SMILES string of the molecule is Cc1ncc(C(O)C(O)CCNC(=O)OCC2c3ccccc3-c3ccccc32)[nH]1. The maximum atomic E-state index is 12.2. The van der Waals surface area contributed by atoms with Crippen LogP contribution in [0.5, 0.6) is 0 Å². The molecular formula is C23H25N3O4. The fourth-order valence-electron chi connectivity index (χ4n) is 3.93. The van der Waals surface area contributed by atoms with Crippen molar-refractivity contribution in [3.8, 4) is 11.1 Å². The number of carbonyl (C=O) groups excluding carboxylic acids is 1. The smallest absolute Gasteiger partial charge is 0.407 e. The minimum absolute atomic E-state index is 0.000759. The molecule has 2 aromatic carbocycles. The summed E-state index contributed by atoms with van der Waals surface area (Å²) in [6.45, 7) is 2.18. The van der Waals surface area contributed by atoms with Gasteiger partial charge < -0.3 is 25.3 Å². The molecule has 0 saturated carbocycles. The number of amides is 1. The van der Waals surface area contributed by atoms with Gasteiger partial charge in [-0.3, -0.25) is 0 Å². The Morgan fingerprint density at radius 3 is 2.37 bits per heavy atom. The van der Waals surface area contributed by atoms with E-state index >= 15 is 0 Å². The molecule has 3 aromatic rings. The molecular weight excluding hydrogens is 382 g/mol. The van der Waals surface area contributed by atoms with Crippen molar-refractivity contribution < 1.29 is 19.7 Å². The molecule has 2 atom stereocenters. The normalized spacial score (nSPS) is 14.6. The molecule has 0 spiro atoms. The monoisotopic (exact) mass is 407 g/mol. The molecule has 4 rings (SSSR count). The molecule has 0 radical (unpaired) electrons. The Balaban J connectivity index is 1.28. The van der Waals surface area contributed by atoms with Gasteiger partial charge in [-0.05, 0) is 35.6 Å². The van der Waals surface area contributed by atoms with E-state index in [0.29, 0.717) is 11.5 Å². The second-order valence-corrected chi connectivity index (χ2v) is 7.48. The van der Waals surface area contributed by atoms with Gasteiger partial charge in [0.25, 0.3) is 0 Å². The lowest BCUT2D eigenvalue weighted by Gasteiger charge is -2.17. The maximum absolute atomic E-state index is 12.2. The van der Waals surface area contributed by atoms with Crippen LogP contribution < -0.4 is 5.32 Å². The molecule has 156 valence electrons. The number of aromatic amines is 1. The topological polar surface area (TPSA) is 107 Å². The number of hydrogen-bond donors (Lipinski definition) is 4. The van der Waals surface area contributed by atoms with Crippen LogP contribution in [-0.4, -0.2) is 45.5 Å². The first kappa shape index (κ1) is 20.1. The number of hydrogen-bond acceptors (Lipinski definition) is 5. The highest BCUT2D eigenvalue weighted by Gasteiger charge is 2.29. The van der Waals surface area contributed by atoms with Gasteiger partial charge >= 0.3 is 6.09 Å². The van der Waals surface area contributed by atoms with E-state index in [0.717, 1.165) is 11.1 Å². The van der Waals surface area contributed by atoms with E-state index in [2.05, 4.69) is 39.6 Å². The van der Waals surface area contributed by atoms with Crippen molar-refractivity contribution in [3.63, 3.8) is 0 Å². The number of benzene rings is 2.